The van der Waals surface area contributed by atoms with Gasteiger partial charge in [0.1, 0.15) is 0 Å². The molecule has 16 heavy (non-hydrogen) atoms. The molecule has 1 aromatic rings. The van der Waals surface area contributed by atoms with Gasteiger partial charge in [0.2, 0.25) is 5.91 Å². The van der Waals surface area contributed by atoms with Crippen LogP contribution in [0.1, 0.15) is 17.9 Å². The molecule has 1 amide bonds. The van der Waals surface area contributed by atoms with Gasteiger partial charge in [-0.05, 0) is 24.0 Å². The highest BCUT2D eigenvalue weighted by atomic mass is 35.5. The summed E-state index contributed by atoms with van der Waals surface area (Å²) in [5.41, 5.74) is 1.06. The summed E-state index contributed by atoms with van der Waals surface area (Å²) in [5.74, 6) is 0.288. The molecule has 4 heteroatoms. The highest BCUT2D eigenvalue weighted by Crippen LogP contribution is 2.50. The maximum atomic E-state index is 11.8. The number of hydrogen-bond donors (Lipinski definition) is 0. The van der Waals surface area contributed by atoms with E-state index in [1.54, 1.807) is 7.05 Å². The fourth-order valence-electron chi connectivity index (χ4n) is 1.91. The van der Waals surface area contributed by atoms with E-state index in [1.165, 1.54) is 12.2 Å². The van der Waals surface area contributed by atoms with E-state index in [4.69, 9.17) is 16.4 Å². The van der Waals surface area contributed by atoms with Crippen molar-refractivity contribution in [3.05, 3.63) is 34.9 Å². The van der Waals surface area contributed by atoms with Crippen LogP contribution in [0.4, 0.5) is 0 Å². The molecular weight excluding hydrogens is 226 g/mol. The van der Waals surface area contributed by atoms with Crippen LogP contribution in [0, 0.1) is 5.92 Å². The Bertz CT molecular complexity index is 408. The second-order valence-corrected chi connectivity index (χ2v) is 4.40. The van der Waals surface area contributed by atoms with Gasteiger partial charge in [-0.25, -0.2) is 5.06 Å². The zero-order chi connectivity index (χ0) is 11.7. The van der Waals surface area contributed by atoms with Gasteiger partial charge < -0.3 is 0 Å². The largest absolute Gasteiger partial charge is 0.275 e. The second-order valence-electron chi connectivity index (χ2n) is 3.99. The number of hydrogen-bond acceptors (Lipinski definition) is 2. The average Bonchev–Trinajstić information content (AvgIpc) is 3.07. The number of hydroxylamine groups is 2. The molecule has 86 valence electrons. The molecule has 1 fully saturated rings. The van der Waals surface area contributed by atoms with E-state index in [2.05, 4.69) is 0 Å². The van der Waals surface area contributed by atoms with Crippen molar-refractivity contribution >= 4 is 17.5 Å². The summed E-state index contributed by atoms with van der Waals surface area (Å²) in [5, 5.41) is 2.02. The molecule has 2 atom stereocenters. The standard InChI is InChI=1S/C12H14ClNO2/c1-14(16-2)12(15)10-7-9(10)8-5-3-4-6-11(8)13/h3-6,9-10H,7H2,1-2H3/t9-,10+/m0/s1. The first-order valence-corrected chi connectivity index (χ1v) is 5.59. The first-order valence-electron chi connectivity index (χ1n) is 5.21. The van der Waals surface area contributed by atoms with Crippen molar-refractivity contribution in [1.82, 2.24) is 5.06 Å². The van der Waals surface area contributed by atoms with E-state index >= 15 is 0 Å². The number of rotatable bonds is 3. The number of carbonyl (C=O) groups is 1. The normalized spacial score (nSPS) is 22.9. The van der Waals surface area contributed by atoms with Crippen LogP contribution in [0.5, 0.6) is 0 Å². The van der Waals surface area contributed by atoms with Crippen LogP contribution in [0.2, 0.25) is 5.02 Å². The Morgan fingerprint density at radius 1 is 1.50 bits per heavy atom. The lowest BCUT2D eigenvalue weighted by Gasteiger charge is -2.13. The topological polar surface area (TPSA) is 29.5 Å². The van der Waals surface area contributed by atoms with Gasteiger partial charge in [-0.15, -0.1) is 0 Å². The minimum absolute atomic E-state index is 0.0184. The fourth-order valence-corrected chi connectivity index (χ4v) is 2.19. The molecule has 0 radical (unpaired) electrons. The summed E-state index contributed by atoms with van der Waals surface area (Å²) in [6, 6.07) is 7.68. The highest BCUT2D eigenvalue weighted by Gasteiger charge is 2.46. The molecule has 0 spiro atoms. The summed E-state index contributed by atoms with van der Waals surface area (Å²) in [7, 11) is 3.12. The average molecular weight is 240 g/mol. The van der Waals surface area contributed by atoms with Crippen molar-refractivity contribution in [2.45, 2.75) is 12.3 Å². The lowest BCUT2D eigenvalue weighted by Crippen LogP contribution is -2.27. The zero-order valence-electron chi connectivity index (χ0n) is 9.31. The van der Waals surface area contributed by atoms with Crippen molar-refractivity contribution in [3.8, 4) is 0 Å². The molecule has 0 aromatic heterocycles. The third-order valence-corrected chi connectivity index (χ3v) is 3.34. The Morgan fingerprint density at radius 3 is 2.81 bits per heavy atom. The maximum absolute atomic E-state index is 11.8. The second kappa shape index (κ2) is 4.44. The van der Waals surface area contributed by atoms with E-state index in [9.17, 15) is 4.79 Å². The quantitative estimate of drug-likeness (QED) is 0.759. The van der Waals surface area contributed by atoms with Gasteiger partial charge in [0.25, 0.3) is 0 Å². The van der Waals surface area contributed by atoms with Crippen LogP contribution in [0.3, 0.4) is 0 Å². The number of nitrogens with zero attached hydrogens (tertiary/aromatic N) is 1. The molecule has 1 saturated carbocycles. The SMILES string of the molecule is CON(C)C(=O)[C@@H]1C[C@H]1c1ccccc1Cl. The first-order chi connectivity index (χ1) is 7.65. The summed E-state index contributed by atoms with van der Waals surface area (Å²) in [6.45, 7) is 0. The van der Waals surface area contributed by atoms with Gasteiger partial charge in [0.05, 0.1) is 7.11 Å². The fraction of sp³-hybridized carbons (Fsp3) is 0.417. The zero-order valence-corrected chi connectivity index (χ0v) is 10.1. The molecule has 0 N–H and O–H groups in total. The lowest BCUT2D eigenvalue weighted by atomic mass is 10.1. The predicted molar refractivity (Wildman–Crippen MR) is 62.1 cm³/mol. The molecule has 0 aliphatic heterocycles. The maximum Gasteiger partial charge on any atom is 0.249 e. The predicted octanol–water partition coefficient (Wildman–Crippen LogP) is 2.46. The van der Waals surface area contributed by atoms with Gasteiger partial charge in [0, 0.05) is 18.0 Å². The Labute approximate surface area is 99.9 Å². The van der Waals surface area contributed by atoms with E-state index in [1.807, 2.05) is 24.3 Å². The van der Waals surface area contributed by atoms with Gasteiger partial charge in [0.15, 0.2) is 0 Å². The molecule has 2 rings (SSSR count). The number of halogens is 1. The van der Waals surface area contributed by atoms with Crippen molar-refractivity contribution in [1.29, 1.82) is 0 Å². The van der Waals surface area contributed by atoms with Crippen LogP contribution in [0.25, 0.3) is 0 Å². The Balaban J connectivity index is 2.07. The monoisotopic (exact) mass is 239 g/mol. The molecule has 1 aliphatic carbocycles. The van der Waals surface area contributed by atoms with Crippen LogP contribution >= 0.6 is 11.6 Å². The Morgan fingerprint density at radius 2 is 2.19 bits per heavy atom. The summed E-state index contributed by atoms with van der Waals surface area (Å²) in [6.07, 6.45) is 0.857. The molecule has 0 bridgehead atoms. The lowest BCUT2D eigenvalue weighted by molar-refractivity contribution is -0.170. The van der Waals surface area contributed by atoms with Crippen LogP contribution in [-0.2, 0) is 9.63 Å². The van der Waals surface area contributed by atoms with E-state index in [0.717, 1.165) is 17.0 Å². The molecule has 0 unspecified atom stereocenters. The minimum Gasteiger partial charge on any atom is -0.275 e. The van der Waals surface area contributed by atoms with E-state index in [-0.39, 0.29) is 17.7 Å². The number of amides is 1. The number of carbonyl (C=O) groups excluding carboxylic acids is 1. The Hall–Kier alpha value is -1.06. The Kier molecular flexibility index (Phi) is 3.17. The summed E-state index contributed by atoms with van der Waals surface area (Å²) >= 11 is 6.09. The van der Waals surface area contributed by atoms with Crippen LogP contribution in [0.15, 0.2) is 24.3 Å². The smallest absolute Gasteiger partial charge is 0.249 e. The first kappa shape index (κ1) is 11.4. The van der Waals surface area contributed by atoms with Gasteiger partial charge >= 0.3 is 0 Å². The van der Waals surface area contributed by atoms with E-state index < -0.39 is 0 Å². The molecule has 1 aliphatic rings. The molecular formula is C12H14ClNO2. The van der Waals surface area contributed by atoms with Crippen molar-refractivity contribution in [2.24, 2.45) is 5.92 Å². The molecule has 1 aromatic carbocycles. The highest BCUT2D eigenvalue weighted by molar-refractivity contribution is 6.31. The minimum atomic E-state index is 0.0184. The molecule has 0 saturated heterocycles. The number of benzene rings is 1. The van der Waals surface area contributed by atoms with Crippen molar-refractivity contribution < 1.29 is 9.63 Å². The van der Waals surface area contributed by atoms with Gasteiger partial charge in [-0.3, -0.25) is 9.63 Å². The van der Waals surface area contributed by atoms with Gasteiger partial charge in [-0.2, -0.15) is 0 Å². The molecule has 3 nitrogen and oxygen atoms in total. The molecule has 0 heterocycles. The summed E-state index contributed by atoms with van der Waals surface area (Å²) in [4.78, 5) is 16.7. The van der Waals surface area contributed by atoms with Crippen molar-refractivity contribution in [3.63, 3.8) is 0 Å². The third kappa shape index (κ3) is 2.06. The van der Waals surface area contributed by atoms with Crippen LogP contribution < -0.4 is 0 Å². The van der Waals surface area contributed by atoms with Crippen molar-refractivity contribution in [2.75, 3.05) is 14.2 Å². The third-order valence-electron chi connectivity index (χ3n) is 3.00. The van der Waals surface area contributed by atoms with Crippen LogP contribution in [-0.4, -0.2) is 25.1 Å². The summed E-state index contributed by atoms with van der Waals surface area (Å²) < 4.78 is 0. The van der Waals surface area contributed by atoms with E-state index in [0.29, 0.717) is 0 Å². The van der Waals surface area contributed by atoms with Gasteiger partial charge in [-0.1, -0.05) is 29.8 Å².